The molecule has 4 nitrogen and oxygen atoms in total. The molecule has 2 aliphatic heterocycles. The van der Waals surface area contributed by atoms with E-state index in [0.717, 1.165) is 53.3 Å². The molecule has 66 heavy (non-hydrogen) atoms. The fraction of sp³-hybridized carbons (Fsp3) is 0.393. The van der Waals surface area contributed by atoms with Crippen LogP contribution in [-0.4, -0.2) is 12.7 Å². The quantitative estimate of drug-likeness (QED) is 0.127. The lowest BCUT2D eigenvalue weighted by Gasteiger charge is -2.45. The number of anilines is 6. The summed E-state index contributed by atoms with van der Waals surface area (Å²) in [5, 5.41) is 0. The Morgan fingerprint density at radius 1 is 0.485 bits per heavy atom. The number of carbonyl (C=O) groups excluding carboxylic acids is 1. The molecule has 0 radical (unpaired) electrons. The van der Waals surface area contributed by atoms with E-state index in [1.165, 1.54) is 61.0 Å². The van der Waals surface area contributed by atoms with E-state index >= 15 is 0 Å². The van der Waals surface area contributed by atoms with Crippen molar-refractivity contribution in [2.45, 2.75) is 157 Å². The average molecular weight is 875 g/mol. The molecule has 5 heteroatoms. The lowest BCUT2D eigenvalue weighted by molar-refractivity contribution is 0.0472. The predicted octanol–water partition coefficient (Wildman–Crippen LogP) is 14.1. The van der Waals surface area contributed by atoms with Crippen LogP contribution in [-0.2, 0) is 51.3 Å². The summed E-state index contributed by atoms with van der Waals surface area (Å²) in [6.45, 7) is 34.8. The van der Waals surface area contributed by atoms with Crippen molar-refractivity contribution in [2.75, 3.05) is 9.80 Å². The number of ether oxygens (including phenoxy) is 1. The van der Waals surface area contributed by atoms with Crippen LogP contribution in [0.5, 0.6) is 0 Å². The highest BCUT2D eigenvalue weighted by molar-refractivity contribution is 7.00. The molecule has 0 fully saturated rings. The zero-order chi connectivity index (χ0) is 47.5. The first-order valence-corrected chi connectivity index (χ1v) is 24.4. The minimum absolute atomic E-state index is 0.0703. The molecule has 9 rings (SSSR count). The Hall–Kier alpha value is -5.55. The second-order valence-corrected chi connectivity index (χ2v) is 24.7. The maximum Gasteiger partial charge on any atom is 0.338 e. The molecule has 0 bridgehead atoms. The van der Waals surface area contributed by atoms with Gasteiger partial charge in [-0.1, -0.05) is 165 Å². The number of aryl methyl sites for hydroxylation is 2. The van der Waals surface area contributed by atoms with Gasteiger partial charge in [-0.15, -0.1) is 0 Å². The molecule has 0 unspecified atom stereocenters. The number of benzene rings is 6. The minimum Gasteiger partial charge on any atom is -0.457 e. The summed E-state index contributed by atoms with van der Waals surface area (Å²) in [5.41, 5.74) is 20.8. The second-order valence-electron chi connectivity index (χ2n) is 24.7. The monoisotopic (exact) mass is 875 g/mol. The first kappa shape index (κ1) is 45.6. The molecule has 0 aromatic heterocycles. The minimum atomic E-state index is -0.333. The first-order valence-electron chi connectivity index (χ1n) is 24.4. The summed E-state index contributed by atoms with van der Waals surface area (Å²) in [7, 11) is 0. The molecule has 2 heterocycles. The molecule has 0 saturated heterocycles. The number of hydrogen-bond acceptors (Lipinski definition) is 4. The number of rotatable bonds is 5. The van der Waals surface area contributed by atoms with E-state index in [1.807, 2.05) is 30.3 Å². The number of esters is 1. The molecule has 340 valence electrons. The Bertz CT molecular complexity index is 2830. The van der Waals surface area contributed by atoms with E-state index in [0.29, 0.717) is 5.56 Å². The normalized spacial score (nSPS) is 14.7. The van der Waals surface area contributed by atoms with Gasteiger partial charge in [0.05, 0.1) is 5.56 Å². The van der Waals surface area contributed by atoms with Crippen molar-refractivity contribution >= 4 is 63.2 Å². The third-order valence-corrected chi connectivity index (χ3v) is 14.4. The Morgan fingerprint density at radius 3 is 1.42 bits per heavy atom. The summed E-state index contributed by atoms with van der Waals surface area (Å²) in [6.07, 6.45) is 3.31. The highest BCUT2D eigenvalue weighted by atomic mass is 16.5. The molecule has 6 aromatic carbocycles. The van der Waals surface area contributed by atoms with E-state index in [1.54, 1.807) is 0 Å². The van der Waals surface area contributed by atoms with Crippen LogP contribution in [0.15, 0.2) is 109 Å². The van der Waals surface area contributed by atoms with Crippen molar-refractivity contribution in [1.82, 2.24) is 0 Å². The maximum absolute atomic E-state index is 14.8. The van der Waals surface area contributed by atoms with Crippen LogP contribution < -0.4 is 26.2 Å². The van der Waals surface area contributed by atoms with Crippen LogP contribution in [0.25, 0.3) is 0 Å². The molecule has 3 aliphatic rings. The zero-order valence-electron chi connectivity index (χ0n) is 42.5. The van der Waals surface area contributed by atoms with Gasteiger partial charge < -0.3 is 14.5 Å². The highest BCUT2D eigenvalue weighted by Gasteiger charge is 2.45. The lowest BCUT2D eigenvalue weighted by atomic mass is 9.33. The van der Waals surface area contributed by atoms with Crippen molar-refractivity contribution in [3.05, 3.63) is 159 Å². The highest BCUT2D eigenvalue weighted by Crippen LogP contribution is 2.48. The Kier molecular flexibility index (Phi) is 10.9. The summed E-state index contributed by atoms with van der Waals surface area (Å²) in [5.74, 6) is -0.333. The van der Waals surface area contributed by atoms with Gasteiger partial charge in [-0.2, -0.15) is 0 Å². The molecule has 6 aromatic rings. The molecular weight excluding hydrogens is 803 g/mol. The van der Waals surface area contributed by atoms with Gasteiger partial charge in [-0.3, -0.25) is 0 Å². The fourth-order valence-corrected chi connectivity index (χ4v) is 10.2. The van der Waals surface area contributed by atoms with Gasteiger partial charge in [0.1, 0.15) is 6.61 Å². The molecule has 0 spiro atoms. The van der Waals surface area contributed by atoms with Crippen molar-refractivity contribution in [1.29, 1.82) is 0 Å². The van der Waals surface area contributed by atoms with Crippen molar-refractivity contribution in [3.8, 4) is 0 Å². The van der Waals surface area contributed by atoms with Crippen LogP contribution in [0, 0.1) is 0 Å². The Labute approximate surface area is 396 Å². The fourth-order valence-electron chi connectivity index (χ4n) is 10.2. The van der Waals surface area contributed by atoms with E-state index in [-0.39, 0.29) is 46.4 Å². The third-order valence-electron chi connectivity index (χ3n) is 14.4. The zero-order valence-corrected chi connectivity index (χ0v) is 42.5. The topological polar surface area (TPSA) is 32.8 Å². The summed E-state index contributed by atoms with van der Waals surface area (Å²) < 4.78 is 6.26. The van der Waals surface area contributed by atoms with Gasteiger partial charge in [0.15, 0.2) is 0 Å². The first-order chi connectivity index (χ1) is 30.8. The number of fused-ring (bicyclic) bond motifs is 5. The SMILES string of the molecule is CC(C)(C)c1cc(N2c3ccc(C(C)(C)C)cc3B3c4cc5c(cc4N(c4cc(C(C)(C)C)cc(C(C)(C)C)c4)c4cc(C(=O)OCc6ccccc6)cc2c43)CCC5)cc(C(C)(C)C)c1. The lowest BCUT2D eigenvalue weighted by Crippen LogP contribution is -2.61. The molecular formula is C61H71BN2O2. The van der Waals surface area contributed by atoms with Crippen molar-refractivity contribution in [3.63, 3.8) is 0 Å². The summed E-state index contributed by atoms with van der Waals surface area (Å²) in [4.78, 5) is 19.8. The predicted molar refractivity (Wildman–Crippen MR) is 282 cm³/mol. The van der Waals surface area contributed by atoms with Crippen LogP contribution in [0.1, 0.15) is 165 Å². The maximum atomic E-state index is 14.8. The van der Waals surface area contributed by atoms with Gasteiger partial charge in [-0.25, -0.2) is 4.79 Å². The van der Waals surface area contributed by atoms with Gasteiger partial charge in [0.2, 0.25) is 0 Å². The van der Waals surface area contributed by atoms with Crippen LogP contribution >= 0.6 is 0 Å². The van der Waals surface area contributed by atoms with Crippen LogP contribution in [0.3, 0.4) is 0 Å². The Balaban J connectivity index is 1.42. The standard InChI is InChI=1S/C61H71BN2O2/c1-57(2,3)42-24-25-51-50(36-42)62-49-26-39-22-19-23-40(39)27-52(49)64(48-34-45(60(10,11)12)31-46(35-48)61(13,14)15)54-29-41(56(65)66-37-38-20-17-16-18-21-38)28-53(55(54)62)63(51)47-32-43(58(4,5)6)30-44(33-47)59(7,8)9/h16-18,20-21,24-36H,19,22-23,37H2,1-15H3. The second kappa shape index (κ2) is 15.8. The van der Waals surface area contributed by atoms with E-state index in [9.17, 15) is 4.79 Å². The Morgan fingerprint density at radius 2 is 0.939 bits per heavy atom. The molecule has 1 aliphatic carbocycles. The van der Waals surface area contributed by atoms with Gasteiger partial charge in [-0.05, 0) is 156 Å². The van der Waals surface area contributed by atoms with Crippen LogP contribution in [0.4, 0.5) is 34.1 Å². The van der Waals surface area contributed by atoms with Crippen molar-refractivity contribution < 1.29 is 9.53 Å². The van der Waals surface area contributed by atoms with Gasteiger partial charge in [0.25, 0.3) is 6.71 Å². The van der Waals surface area contributed by atoms with Gasteiger partial charge in [0, 0.05) is 34.1 Å². The number of nitrogens with zero attached hydrogens (tertiary/aromatic N) is 2. The summed E-state index contributed by atoms with van der Waals surface area (Å²) >= 11 is 0. The van der Waals surface area contributed by atoms with E-state index in [2.05, 4.69) is 193 Å². The number of carbonyl (C=O) groups is 1. The molecule has 0 saturated carbocycles. The average Bonchev–Trinajstić information content (AvgIpc) is 3.70. The molecule has 0 amide bonds. The van der Waals surface area contributed by atoms with Crippen molar-refractivity contribution in [2.24, 2.45) is 0 Å². The largest absolute Gasteiger partial charge is 0.457 e. The molecule has 0 N–H and O–H groups in total. The molecule has 0 atom stereocenters. The smallest absolute Gasteiger partial charge is 0.338 e. The third kappa shape index (κ3) is 8.30. The van der Waals surface area contributed by atoms with E-state index in [4.69, 9.17) is 4.74 Å². The van der Waals surface area contributed by atoms with Crippen LogP contribution in [0.2, 0.25) is 0 Å². The van der Waals surface area contributed by atoms with Gasteiger partial charge >= 0.3 is 5.97 Å². The summed E-state index contributed by atoms with van der Waals surface area (Å²) in [6, 6.07) is 41.0. The van der Waals surface area contributed by atoms with E-state index < -0.39 is 0 Å². The number of hydrogen-bond donors (Lipinski definition) is 0.